The predicted molar refractivity (Wildman–Crippen MR) is 83.8 cm³/mol. The minimum atomic E-state index is -0.735. The molecule has 0 saturated carbocycles. The number of aromatic nitrogens is 2. The van der Waals surface area contributed by atoms with Gasteiger partial charge in [0.2, 0.25) is 0 Å². The van der Waals surface area contributed by atoms with E-state index in [9.17, 15) is 5.11 Å². The van der Waals surface area contributed by atoms with E-state index in [2.05, 4.69) is 5.10 Å². The minimum Gasteiger partial charge on any atom is -0.384 e. The van der Waals surface area contributed by atoms with Gasteiger partial charge in [-0.25, -0.2) is 4.68 Å². The quantitative estimate of drug-likeness (QED) is 0.796. The highest BCUT2D eigenvalue weighted by Crippen LogP contribution is 2.27. The molecule has 1 N–H and O–H groups in total. The van der Waals surface area contributed by atoms with Crippen LogP contribution in [0.2, 0.25) is 5.02 Å². The Morgan fingerprint density at radius 1 is 1.14 bits per heavy atom. The number of hydrogen-bond acceptors (Lipinski definition) is 2. The van der Waals surface area contributed by atoms with Crippen LogP contribution in [0.25, 0.3) is 5.69 Å². The van der Waals surface area contributed by atoms with Crippen LogP contribution in [0.1, 0.15) is 22.8 Å². The van der Waals surface area contributed by atoms with Crippen molar-refractivity contribution in [3.63, 3.8) is 0 Å². The number of benzene rings is 2. The molecule has 1 unspecified atom stereocenters. The first-order valence-electron chi connectivity index (χ1n) is 6.69. The van der Waals surface area contributed by atoms with Crippen molar-refractivity contribution < 1.29 is 5.11 Å². The molecule has 1 atom stereocenters. The summed E-state index contributed by atoms with van der Waals surface area (Å²) in [6.45, 7) is 1.95. The normalized spacial score (nSPS) is 12.3. The van der Waals surface area contributed by atoms with Crippen LogP contribution in [0.15, 0.2) is 60.9 Å². The van der Waals surface area contributed by atoms with Crippen LogP contribution >= 0.6 is 11.6 Å². The summed E-state index contributed by atoms with van der Waals surface area (Å²) < 4.78 is 1.75. The van der Waals surface area contributed by atoms with Crippen LogP contribution in [-0.4, -0.2) is 14.9 Å². The largest absolute Gasteiger partial charge is 0.384 e. The highest BCUT2D eigenvalue weighted by molar-refractivity contribution is 6.30. The van der Waals surface area contributed by atoms with Crippen molar-refractivity contribution in [1.29, 1.82) is 0 Å². The van der Waals surface area contributed by atoms with E-state index in [0.29, 0.717) is 5.02 Å². The predicted octanol–water partition coefficient (Wildman–Crippen LogP) is 3.92. The van der Waals surface area contributed by atoms with Crippen LogP contribution in [0.5, 0.6) is 0 Å². The Hall–Kier alpha value is -2.10. The second kappa shape index (κ2) is 5.72. The molecule has 0 spiro atoms. The van der Waals surface area contributed by atoms with Crippen molar-refractivity contribution in [3.8, 4) is 5.69 Å². The van der Waals surface area contributed by atoms with Crippen molar-refractivity contribution in [3.05, 3.63) is 82.6 Å². The van der Waals surface area contributed by atoms with Crippen LogP contribution in [0, 0.1) is 6.92 Å². The molecule has 4 heteroatoms. The summed E-state index contributed by atoms with van der Waals surface area (Å²) in [6, 6.07) is 15.3. The lowest BCUT2D eigenvalue weighted by Crippen LogP contribution is -2.01. The summed E-state index contributed by atoms with van der Waals surface area (Å²) >= 11 is 6.02. The average Bonchev–Trinajstić information content (AvgIpc) is 3.00. The van der Waals surface area contributed by atoms with E-state index >= 15 is 0 Å². The summed E-state index contributed by atoms with van der Waals surface area (Å²) in [5.74, 6) is 0. The number of aliphatic hydroxyl groups is 1. The molecule has 3 rings (SSSR count). The molecular formula is C17H15ClN2O. The molecule has 0 saturated heterocycles. The molecule has 0 aliphatic rings. The molecule has 0 radical (unpaired) electrons. The van der Waals surface area contributed by atoms with Crippen molar-refractivity contribution in [2.24, 2.45) is 0 Å². The van der Waals surface area contributed by atoms with Gasteiger partial charge in [-0.3, -0.25) is 0 Å². The van der Waals surface area contributed by atoms with Crippen LogP contribution < -0.4 is 0 Å². The molecule has 0 aliphatic carbocycles. The molecule has 0 fully saturated rings. The number of para-hydroxylation sites is 1. The van der Waals surface area contributed by atoms with E-state index in [0.717, 1.165) is 22.4 Å². The Morgan fingerprint density at radius 2 is 1.90 bits per heavy atom. The fraction of sp³-hybridized carbons (Fsp3) is 0.118. The third-order valence-electron chi connectivity index (χ3n) is 3.47. The Bertz CT molecular complexity index is 752. The third kappa shape index (κ3) is 2.84. The van der Waals surface area contributed by atoms with Gasteiger partial charge in [0.1, 0.15) is 6.10 Å². The second-order valence-electron chi connectivity index (χ2n) is 4.96. The smallest absolute Gasteiger partial charge is 0.107 e. The highest BCUT2D eigenvalue weighted by Gasteiger charge is 2.15. The maximum atomic E-state index is 10.5. The monoisotopic (exact) mass is 298 g/mol. The van der Waals surface area contributed by atoms with Gasteiger partial charge in [-0.1, -0.05) is 35.9 Å². The summed E-state index contributed by atoms with van der Waals surface area (Å²) in [7, 11) is 0. The second-order valence-corrected chi connectivity index (χ2v) is 5.39. The Kier molecular flexibility index (Phi) is 3.78. The summed E-state index contributed by atoms with van der Waals surface area (Å²) in [5.41, 5.74) is 3.50. The van der Waals surface area contributed by atoms with E-state index in [1.807, 2.05) is 55.6 Å². The Labute approximate surface area is 128 Å². The van der Waals surface area contributed by atoms with Gasteiger partial charge in [-0.15, -0.1) is 0 Å². The zero-order valence-electron chi connectivity index (χ0n) is 11.6. The maximum Gasteiger partial charge on any atom is 0.107 e. The molecule has 0 bridgehead atoms. The first-order valence-corrected chi connectivity index (χ1v) is 7.07. The Balaban J connectivity index is 1.94. The summed E-state index contributed by atoms with van der Waals surface area (Å²) in [5, 5.41) is 15.5. The van der Waals surface area contributed by atoms with Gasteiger partial charge >= 0.3 is 0 Å². The van der Waals surface area contributed by atoms with E-state index in [4.69, 9.17) is 11.6 Å². The lowest BCUT2D eigenvalue weighted by atomic mass is 10.00. The van der Waals surface area contributed by atoms with Crippen molar-refractivity contribution >= 4 is 11.6 Å². The van der Waals surface area contributed by atoms with Crippen LogP contribution in [0.4, 0.5) is 0 Å². The van der Waals surface area contributed by atoms with E-state index in [1.165, 1.54) is 0 Å². The number of aliphatic hydroxyl groups excluding tert-OH is 1. The zero-order valence-corrected chi connectivity index (χ0v) is 12.3. The van der Waals surface area contributed by atoms with E-state index in [1.54, 1.807) is 16.9 Å². The first kappa shape index (κ1) is 13.9. The number of nitrogens with zero attached hydrogens (tertiary/aromatic N) is 2. The Morgan fingerprint density at radius 3 is 2.67 bits per heavy atom. The fourth-order valence-electron chi connectivity index (χ4n) is 2.29. The number of rotatable bonds is 3. The number of aryl methyl sites for hydroxylation is 1. The molecule has 2 aromatic carbocycles. The molecule has 21 heavy (non-hydrogen) atoms. The van der Waals surface area contributed by atoms with Crippen molar-refractivity contribution in [2.75, 3.05) is 0 Å². The van der Waals surface area contributed by atoms with Crippen molar-refractivity contribution in [1.82, 2.24) is 9.78 Å². The van der Waals surface area contributed by atoms with Crippen LogP contribution in [0.3, 0.4) is 0 Å². The van der Waals surface area contributed by atoms with Gasteiger partial charge in [0.05, 0.1) is 11.9 Å². The lowest BCUT2D eigenvalue weighted by Gasteiger charge is -2.12. The maximum absolute atomic E-state index is 10.5. The molecule has 0 aliphatic heterocycles. The molecule has 0 amide bonds. The van der Waals surface area contributed by atoms with Crippen molar-refractivity contribution in [2.45, 2.75) is 13.0 Å². The van der Waals surface area contributed by atoms with E-state index in [-0.39, 0.29) is 0 Å². The molecule has 3 nitrogen and oxygen atoms in total. The molecule has 3 aromatic rings. The molecule has 1 heterocycles. The molecular weight excluding hydrogens is 284 g/mol. The molecule has 106 valence electrons. The lowest BCUT2D eigenvalue weighted by molar-refractivity contribution is 0.219. The van der Waals surface area contributed by atoms with Gasteiger partial charge in [-0.05, 0) is 42.3 Å². The SMILES string of the molecule is Cc1ccc(Cl)cc1C(O)c1cnn(-c2ccccc2)c1. The average molecular weight is 299 g/mol. The minimum absolute atomic E-state index is 0.616. The topological polar surface area (TPSA) is 38.1 Å². The van der Waals surface area contributed by atoms with Gasteiger partial charge in [-0.2, -0.15) is 5.10 Å². The third-order valence-corrected chi connectivity index (χ3v) is 3.71. The first-order chi connectivity index (χ1) is 10.1. The number of hydrogen-bond donors (Lipinski definition) is 1. The fourth-order valence-corrected chi connectivity index (χ4v) is 2.47. The standard InChI is InChI=1S/C17H15ClN2O/c1-12-7-8-14(18)9-16(12)17(21)13-10-19-20(11-13)15-5-3-2-4-6-15/h2-11,17,21H,1H3. The van der Waals surface area contributed by atoms with Gasteiger partial charge < -0.3 is 5.11 Å². The highest BCUT2D eigenvalue weighted by atomic mass is 35.5. The molecule has 1 aromatic heterocycles. The van der Waals surface area contributed by atoms with Gasteiger partial charge in [0, 0.05) is 16.8 Å². The zero-order chi connectivity index (χ0) is 14.8. The van der Waals surface area contributed by atoms with Crippen LogP contribution in [-0.2, 0) is 0 Å². The van der Waals surface area contributed by atoms with Gasteiger partial charge in [0.25, 0.3) is 0 Å². The summed E-state index contributed by atoms with van der Waals surface area (Å²) in [6.07, 6.45) is 2.78. The summed E-state index contributed by atoms with van der Waals surface area (Å²) in [4.78, 5) is 0. The van der Waals surface area contributed by atoms with E-state index < -0.39 is 6.10 Å². The number of halogens is 1. The van der Waals surface area contributed by atoms with Gasteiger partial charge in [0.15, 0.2) is 0 Å².